The molecule has 11 rings (SSSR count). The van der Waals surface area contributed by atoms with E-state index in [0.717, 1.165) is 66.4 Å². The molecule has 0 spiro atoms. The summed E-state index contributed by atoms with van der Waals surface area (Å²) in [4.78, 5) is 10.9. The summed E-state index contributed by atoms with van der Waals surface area (Å²) in [5.41, 5.74) is 10.6. The second-order valence-corrected chi connectivity index (χ2v) is 13.4. The molecule has 0 N–H and O–H groups in total. The summed E-state index contributed by atoms with van der Waals surface area (Å²) in [5, 5.41) is 7.98. The second-order valence-electron chi connectivity index (χ2n) is 13.4. The minimum absolute atomic E-state index is 0.606. The Labute approximate surface area is 298 Å². The van der Waals surface area contributed by atoms with Crippen LogP contribution in [0.1, 0.15) is 0 Å². The fourth-order valence-corrected chi connectivity index (χ4v) is 7.95. The Hall–Kier alpha value is -7.04. The SMILES string of the molecule is c1ccc(-c2cc3oc4c(-c5ccccc5)nc(-n5c6cc7ccccc7cc6c6ccc7ccccc7c65)nc4c3cc2-c2ccccc2)cc1. The van der Waals surface area contributed by atoms with Gasteiger partial charge in [-0.25, -0.2) is 9.97 Å². The lowest BCUT2D eigenvalue weighted by atomic mass is 9.93. The third kappa shape index (κ3) is 4.34. The lowest BCUT2D eigenvalue weighted by Gasteiger charge is -2.11. The third-order valence-electron chi connectivity index (χ3n) is 10.4. The topological polar surface area (TPSA) is 43.9 Å². The highest BCUT2D eigenvalue weighted by Crippen LogP contribution is 2.43. The lowest BCUT2D eigenvalue weighted by molar-refractivity contribution is 0.667. The van der Waals surface area contributed by atoms with Crippen molar-refractivity contribution in [1.82, 2.24) is 14.5 Å². The van der Waals surface area contributed by atoms with Gasteiger partial charge in [0.05, 0.1) is 11.0 Å². The summed E-state index contributed by atoms with van der Waals surface area (Å²) >= 11 is 0. The van der Waals surface area contributed by atoms with E-state index in [4.69, 9.17) is 14.4 Å². The maximum Gasteiger partial charge on any atom is 0.236 e. The number of benzene rings is 8. The molecule has 0 aliphatic carbocycles. The molecule has 4 nitrogen and oxygen atoms in total. The van der Waals surface area contributed by atoms with Crippen LogP contribution < -0.4 is 0 Å². The zero-order chi connectivity index (χ0) is 34.2. The van der Waals surface area contributed by atoms with E-state index in [-0.39, 0.29) is 0 Å². The quantitative estimate of drug-likeness (QED) is 0.188. The number of hydrogen-bond acceptors (Lipinski definition) is 3. The van der Waals surface area contributed by atoms with E-state index in [1.54, 1.807) is 0 Å². The van der Waals surface area contributed by atoms with Crippen LogP contribution in [0.15, 0.2) is 180 Å². The molecule has 0 saturated carbocycles. The minimum atomic E-state index is 0.606. The summed E-state index contributed by atoms with van der Waals surface area (Å²) < 4.78 is 9.10. The van der Waals surface area contributed by atoms with Gasteiger partial charge < -0.3 is 4.42 Å². The molecule has 0 aliphatic rings. The molecule has 0 aliphatic heterocycles. The molecule has 0 fully saturated rings. The molecule has 3 heterocycles. The van der Waals surface area contributed by atoms with Crippen molar-refractivity contribution in [3.8, 4) is 39.5 Å². The molecule has 0 radical (unpaired) electrons. The van der Waals surface area contributed by atoms with Crippen LogP contribution in [0.5, 0.6) is 0 Å². The molecule has 0 atom stereocenters. The molecule has 0 bridgehead atoms. The second kappa shape index (κ2) is 11.2. The summed E-state index contributed by atoms with van der Waals surface area (Å²) in [6, 6.07) is 62.0. The molecule has 11 aromatic rings. The Kier molecular flexibility index (Phi) is 6.22. The molecular weight excluding hydrogens is 635 g/mol. The van der Waals surface area contributed by atoms with Crippen LogP contribution in [-0.4, -0.2) is 14.5 Å². The predicted octanol–water partition coefficient (Wildman–Crippen LogP) is 12.8. The normalized spacial score (nSPS) is 11.8. The number of hydrogen-bond donors (Lipinski definition) is 0. The largest absolute Gasteiger partial charge is 0.452 e. The molecule has 0 unspecified atom stereocenters. The van der Waals surface area contributed by atoms with Crippen molar-refractivity contribution in [2.24, 2.45) is 0 Å². The van der Waals surface area contributed by atoms with Crippen LogP contribution in [-0.2, 0) is 0 Å². The maximum atomic E-state index is 6.83. The van der Waals surface area contributed by atoms with Crippen LogP contribution in [0.3, 0.4) is 0 Å². The highest BCUT2D eigenvalue weighted by atomic mass is 16.3. The van der Waals surface area contributed by atoms with Gasteiger partial charge in [0, 0.05) is 27.1 Å². The van der Waals surface area contributed by atoms with Gasteiger partial charge in [0.15, 0.2) is 5.58 Å². The van der Waals surface area contributed by atoms with Gasteiger partial charge in [-0.05, 0) is 62.7 Å². The molecule has 8 aromatic carbocycles. The first-order valence-electron chi connectivity index (χ1n) is 17.6. The summed E-state index contributed by atoms with van der Waals surface area (Å²) in [6.45, 7) is 0. The van der Waals surface area contributed by atoms with Crippen LogP contribution in [0.25, 0.3) is 105 Å². The van der Waals surface area contributed by atoms with E-state index in [1.165, 1.54) is 26.9 Å². The van der Waals surface area contributed by atoms with Crippen LogP contribution in [0.2, 0.25) is 0 Å². The van der Waals surface area contributed by atoms with Gasteiger partial charge in [-0.3, -0.25) is 4.57 Å². The van der Waals surface area contributed by atoms with Gasteiger partial charge in [0.2, 0.25) is 5.95 Å². The standard InChI is InChI=1S/C48H29N3O/c1-4-14-30(15-5-1)38-28-41-43(29-39(38)31-16-6-2-7-17-31)52-47-44(33-19-8-3-9-20-33)49-48(50-45(41)47)51-42-27-35-22-11-10-21-34(35)26-40(42)37-25-24-32-18-12-13-23-36(32)46(37)51/h1-29H. The Morgan fingerprint density at radius 3 is 1.73 bits per heavy atom. The Morgan fingerprint density at radius 2 is 1.02 bits per heavy atom. The first-order valence-corrected chi connectivity index (χ1v) is 17.6. The summed E-state index contributed by atoms with van der Waals surface area (Å²) in [5.74, 6) is 0.606. The van der Waals surface area contributed by atoms with Crippen molar-refractivity contribution >= 4 is 65.4 Å². The van der Waals surface area contributed by atoms with Crippen LogP contribution in [0, 0.1) is 0 Å². The first kappa shape index (κ1) is 28.8. The molecular formula is C48H29N3O. The zero-order valence-electron chi connectivity index (χ0n) is 28.0. The van der Waals surface area contributed by atoms with Crippen molar-refractivity contribution in [2.75, 3.05) is 0 Å². The Bertz CT molecular complexity index is 3160. The highest BCUT2D eigenvalue weighted by molar-refractivity contribution is 6.21. The fraction of sp³-hybridized carbons (Fsp3) is 0. The maximum absolute atomic E-state index is 6.83. The predicted molar refractivity (Wildman–Crippen MR) is 215 cm³/mol. The summed E-state index contributed by atoms with van der Waals surface area (Å²) in [7, 11) is 0. The smallest absolute Gasteiger partial charge is 0.236 e. The third-order valence-corrected chi connectivity index (χ3v) is 10.4. The fourth-order valence-electron chi connectivity index (χ4n) is 7.95. The highest BCUT2D eigenvalue weighted by Gasteiger charge is 2.23. The minimum Gasteiger partial charge on any atom is -0.452 e. The van der Waals surface area contributed by atoms with Crippen molar-refractivity contribution < 1.29 is 4.42 Å². The van der Waals surface area contributed by atoms with Gasteiger partial charge in [-0.15, -0.1) is 0 Å². The molecule has 52 heavy (non-hydrogen) atoms. The van der Waals surface area contributed by atoms with E-state index >= 15 is 0 Å². The molecule has 0 amide bonds. The van der Waals surface area contributed by atoms with Gasteiger partial charge in [0.25, 0.3) is 0 Å². The molecule has 3 aromatic heterocycles. The van der Waals surface area contributed by atoms with Gasteiger partial charge in [0.1, 0.15) is 16.8 Å². The number of aromatic nitrogens is 3. The van der Waals surface area contributed by atoms with E-state index in [9.17, 15) is 0 Å². The van der Waals surface area contributed by atoms with Gasteiger partial charge in [-0.1, -0.05) is 152 Å². The monoisotopic (exact) mass is 663 g/mol. The van der Waals surface area contributed by atoms with Crippen molar-refractivity contribution in [3.05, 3.63) is 176 Å². The number of furan rings is 1. The number of nitrogens with zero attached hydrogens (tertiary/aromatic N) is 3. The number of rotatable bonds is 4. The van der Waals surface area contributed by atoms with E-state index in [1.807, 2.05) is 18.2 Å². The molecule has 0 saturated heterocycles. The lowest BCUT2D eigenvalue weighted by Crippen LogP contribution is -2.03. The van der Waals surface area contributed by atoms with E-state index < -0.39 is 0 Å². The first-order chi connectivity index (χ1) is 25.8. The Morgan fingerprint density at radius 1 is 0.423 bits per heavy atom. The van der Waals surface area contributed by atoms with E-state index in [2.05, 4.69) is 162 Å². The summed E-state index contributed by atoms with van der Waals surface area (Å²) in [6.07, 6.45) is 0. The average molecular weight is 664 g/mol. The van der Waals surface area contributed by atoms with Crippen LogP contribution in [0.4, 0.5) is 0 Å². The molecule has 242 valence electrons. The number of fused-ring (bicyclic) bond motifs is 9. The van der Waals surface area contributed by atoms with Crippen molar-refractivity contribution in [1.29, 1.82) is 0 Å². The van der Waals surface area contributed by atoms with Crippen LogP contribution >= 0.6 is 0 Å². The Balaban J connectivity index is 1.30. The molecule has 4 heteroatoms. The average Bonchev–Trinajstić information content (AvgIpc) is 3.75. The van der Waals surface area contributed by atoms with Crippen molar-refractivity contribution in [3.63, 3.8) is 0 Å². The van der Waals surface area contributed by atoms with Gasteiger partial charge >= 0.3 is 0 Å². The van der Waals surface area contributed by atoms with Gasteiger partial charge in [-0.2, -0.15) is 0 Å². The zero-order valence-corrected chi connectivity index (χ0v) is 28.0. The van der Waals surface area contributed by atoms with Crippen molar-refractivity contribution in [2.45, 2.75) is 0 Å². The van der Waals surface area contributed by atoms with E-state index in [0.29, 0.717) is 11.5 Å².